The average Bonchev–Trinajstić information content (AvgIpc) is 2.66. The van der Waals surface area contributed by atoms with E-state index in [4.69, 9.17) is 18.0 Å². The number of hydrogen-bond donors (Lipinski definition) is 1. The van der Waals surface area contributed by atoms with Gasteiger partial charge in [-0.1, -0.05) is 36.5 Å². The third-order valence-electron chi connectivity index (χ3n) is 2.64. The Bertz CT molecular complexity index is 305. The van der Waals surface area contributed by atoms with Crippen molar-refractivity contribution >= 4 is 17.3 Å². The highest BCUT2D eigenvalue weighted by atomic mass is 32.1. The van der Waals surface area contributed by atoms with Crippen LogP contribution in [-0.2, 0) is 0 Å². The van der Waals surface area contributed by atoms with Gasteiger partial charge in [-0.15, -0.1) is 0 Å². The maximum atomic E-state index is 5.58. The molecule has 82 valence electrons. The van der Waals surface area contributed by atoms with Gasteiger partial charge >= 0.3 is 0 Å². The summed E-state index contributed by atoms with van der Waals surface area (Å²) in [4.78, 5) is 2.04. The summed E-state index contributed by atoms with van der Waals surface area (Å²) in [7, 11) is 0. The molecule has 15 heavy (non-hydrogen) atoms. The molecule has 0 saturated carbocycles. The van der Waals surface area contributed by atoms with Gasteiger partial charge in [0, 0.05) is 19.0 Å². The van der Waals surface area contributed by atoms with Crippen LogP contribution in [0.5, 0.6) is 0 Å². The second kappa shape index (κ2) is 5.71. The van der Waals surface area contributed by atoms with Crippen molar-refractivity contribution in [1.82, 2.24) is 4.90 Å². The van der Waals surface area contributed by atoms with E-state index >= 15 is 0 Å². The molecule has 1 fully saturated rings. The molecule has 0 unspecified atom stereocenters. The van der Waals surface area contributed by atoms with Gasteiger partial charge in [0.05, 0.1) is 0 Å². The largest absolute Gasteiger partial charge is 0.376 e. The third-order valence-corrected chi connectivity index (χ3v) is 2.90. The fraction of sp³-hybridized carbons (Fsp3) is 0.417. The standard InChI is InChI=1S/C12H18N2S/c1-3-4-5-6-10(2)11-7-8-14(9-11)12(13)15/h3-6,11H,2,7-9H2,1H3,(H2,13,15)/b4-3-,6-5-/t11-/m0/s1. The van der Waals surface area contributed by atoms with Crippen LogP contribution in [0.3, 0.4) is 0 Å². The lowest BCUT2D eigenvalue weighted by Gasteiger charge is -2.15. The second-order valence-corrected chi connectivity index (χ2v) is 4.15. The summed E-state index contributed by atoms with van der Waals surface area (Å²) in [5.74, 6) is 0.494. The fourth-order valence-corrected chi connectivity index (χ4v) is 1.86. The van der Waals surface area contributed by atoms with Crippen molar-refractivity contribution in [2.45, 2.75) is 13.3 Å². The van der Waals surface area contributed by atoms with Crippen LogP contribution >= 0.6 is 12.2 Å². The highest BCUT2D eigenvalue weighted by Gasteiger charge is 2.23. The zero-order chi connectivity index (χ0) is 11.3. The maximum absolute atomic E-state index is 5.58. The number of hydrogen-bond acceptors (Lipinski definition) is 1. The molecule has 0 aliphatic carbocycles. The minimum atomic E-state index is 0.494. The minimum Gasteiger partial charge on any atom is -0.376 e. The normalized spacial score (nSPS) is 21.7. The fourth-order valence-electron chi connectivity index (χ4n) is 1.69. The molecular weight excluding hydrogens is 204 g/mol. The van der Waals surface area contributed by atoms with Crippen molar-refractivity contribution in [3.63, 3.8) is 0 Å². The highest BCUT2D eigenvalue weighted by molar-refractivity contribution is 7.80. The zero-order valence-corrected chi connectivity index (χ0v) is 9.96. The Morgan fingerprint density at radius 1 is 1.53 bits per heavy atom. The van der Waals surface area contributed by atoms with Gasteiger partial charge in [-0.05, 0) is 25.6 Å². The first kappa shape index (κ1) is 12.0. The van der Waals surface area contributed by atoms with Crippen molar-refractivity contribution in [2.24, 2.45) is 11.7 Å². The lowest BCUT2D eigenvalue weighted by molar-refractivity contribution is 0.506. The Morgan fingerprint density at radius 3 is 2.80 bits per heavy atom. The van der Waals surface area contributed by atoms with Gasteiger partial charge in [0.1, 0.15) is 0 Å². The number of nitrogens with zero attached hydrogens (tertiary/aromatic N) is 1. The van der Waals surface area contributed by atoms with Gasteiger partial charge in [0.2, 0.25) is 0 Å². The van der Waals surface area contributed by atoms with Gasteiger partial charge in [-0.25, -0.2) is 0 Å². The molecule has 0 amide bonds. The van der Waals surface area contributed by atoms with Crippen LogP contribution < -0.4 is 5.73 Å². The topological polar surface area (TPSA) is 29.3 Å². The van der Waals surface area contributed by atoms with E-state index < -0.39 is 0 Å². The van der Waals surface area contributed by atoms with Crippen LogP contribution in [0.2, 0.25) is 0 Å². The second-order valence-electron chi connectivity index (χ2n) is 3.73. The van der Waals surface area contributed by atoms with Crippen molar-refractivity contribution in [3.05, 3.63) is 36.5 Å². The molecule has 0 aromatic carbocycles. The summed E-state index contributed by atoms with van der Waals surface area (Å²) in [5, 5.41) is 0.503. The summed E-state index contributed by atoms with van der Waals surface area (Å²) in [5.41, 5.74) is 6.74. The van der Waals surface area contributed by atoms with E-state index in [-0.39, 0.29) is 0 Å². The smallest absolute Gasteiger partial charge is 0.166 e. The van der Waals surface area contributed by atoms with Gasteiger partial charge < -0.3 is 10.6 Å². The van der Waals surface area contributed by atoms with Gasteiger partial charge in [-0.2, -0.15) is 0 Å². The molecule has 3 heteroatoms. The summed E-state index contributed by atoms with van der Waals surface area (Å²) < 4.78 is 0. The zero-order valence-electron chi connectivity index (χ0n) is 9.15. The molecule has 1 atom stereocenters. The van der Waals surface area contributed by atoms with Crippen molar-refractivity contribution in [2.75, 3.05) is 13.1 Å². The van der Waals surface area contributed by atoms with Gasteiger partial charge in [0.25, 0.3) is 0 Å². The molecule has 1 rings (SSSR count). The molecule has 1 saturated heterocycles. The third kappa shape index (κ3) is 3.51. The van der Waals surface area contributed by atoms with E-state index in [1.165, 1.54) is 0 Å². The summed E-state index contributed by atoms with van der Waals surface area (Å²) in [6.45, 7) is 7.93. The number of rotatable bonds is 3. The molecule has 0 bridgehead atoms. The predicted molar refractivity (Wildman–Crippen MR) is 69.6 cm³/mol. The average molecular weight is 222 g/mol. The van der Waals surface area contributed by atoms with E-state index in [1.54, 1.807) is 0 Å². The molecule has 1 aliphatic heterocycles. The van der Waals surface area contributed by atoms with Crippen molar-refractivity contribution < 1.29 is 0 Å². The van der Waals surface area contributed by atoms with E-state index in [9.17, 15) is 0 Å². The Balaban J connectivity index is 2.46. The molecule has 2 N–H and O–H groups in total. The Kier molecular flexibility index (Phi) is 4.56. The minimum absolute atomic E-state index is 0.494. The van der Waals surface area contributed by atoms with Crippen LogP contribution in [0.4, 0.5) is 0 Å². The van der Waals surface area contributed by atoms with Crippen LogP contribution in [0.15, 0.2) is 36.5 Å². The predicted octanol–water partition coefficient (Wildman–Crippen LogP) is 2.24. The highest BCUT2D eigenvalue weighted by Crippen LogP contribution is 2.23. The van der Waals surface area contributed by atoms with Gasteiger partial charge in [0.15, 0.2) is 5.11 Å². The van der Waals surface area contributed by atoms with Crippen molar-refractivity contribution in [3.8, 4) is 0 Å². The molecule has 1 heterocycles. The van der Waals surface area contributed by atoms with E-state index in [0.717, 1.165) is 25.1 Å². The number of likely N-dealkylation sites (tertiary alicyclic amines) is 1. The van der Waals surface area contributed by atoms with Crippen LogP contribution in [0.25, 0.3) is 0 Å². The molecule has 0 spiro atoms. The van der Waals surface area contributed by atoms with Crippen LogP contribution in [0, 0.1) is 5.92 Å². The summed E-state index contributed by atoms with van der Waals surface area (Å²) >= 11 is 4.95. The van der Waals surface area contributed by atoms with E-state index in [2.05, 4.69) is 12.7 Å². The monoisotopic (exact) mass is 222 g/mol. The summed E-state index contributed by atoms with van der Waals surface area (Å²) in [6, 6.07) is 0. The first-order valence-electron chi connectivity index (χ1n) is 5.17. The number of thiocarbonyl (C=S) groups is 1. The maximum Gasteiger partial charge on any atom is 0.166 e. The molecule has 1 aliphatic rings. The molecule has 0 aromatic heterocycles. The van der Waals surface area contributed by atoms with Crippen LogP contribution in [0.1, 0.15) is 13.3 Å². The van der Waals surface area contributed by atoms with E-state index in [1.807, 2.05) is 30.1 Å². The molecule has 0 aromatic rings. The summed E-state index contributed by atoms with van der Waals surface area (Å²) in [6.07, 6.45) is 9.18. The molecule has 0 radical (unpaired) electrons. The number of nitrogens with two attached hydrogens (primary N) is 1. The first-order valence-corrected chi connectivity index (χ1v) is 5.58. The molecular formula is C12H18N2S. The Labute approximate surface area is 97.1 Å². The Hall–Kier alpha value is -1.09. The van der Waals surface area contributed by atoms with E-state index in [0.29, 0.717) is 11.0 Å². The van der Waals surface area contributed by atoms with Crippen molar-refractivity contribution in [1.29, 1.82) is 0 Å². The van der Waals surface area contributed by atoms with Gasteiger partial charge in [-0.3, -0.25) is 0 Å². The first-order chi connectivity index (χ1) is 7.15. The quantitative estimate of drug-likeness (QED) is 0.586. The number of allylic oxidation sites excluding steroid dienone is 4. The molecule has 2 nitrogen and oxygen atoms in total. The lowest BCUT2D eigenvalue weighted by atomic mass is 9.99. The van der Waals surface area contributed by atoms with Crippen LogP contribution in [-0.4, -0.2) is 23.1 Å². The lowest BCUT2D eigenvalue weighted by Crippen LogP contribution is -2.33. The Morgan fingerprint density at radius 2 is 2.27 bits per heavy atom. The SMILES string of the molecule is C=C(/C=C\C=C/C)[C@H]1CCN(C(N)=S)C1.